The number of rotatable bonds is 36. The third-order valence-corrected chi connectivity index (χ3v) is 12.8. The second-order valence-electron chi connectivity index (χ2n) is 18.1. The van der Waals surface area contributed by atoms with E-state index in [2.05, 4.69) is 20.9 Å². The molecule has 296 valence electrons. The average Bonchev–Trinajstić information content (AvgIpc) is 3.07. The van der Waals surface area contributed by atoms with Crippen LogP contribution in [0.5, 0.6) is 0 Å². The number of unbranched alkanes of at least 4 members (excludes halogenated alkanes) is 16. The fourth-order valence-corrected chi connectivity index (χ4v) is 9.12. The van der Waals surface area contributed by atoms with Gasteiger partial charge in [0.1, 0.15) is 0 Å². The van der Waals surface area contributed by atoms with Crippen molar-refractivity contribution in [3.05, 3.63) is 0 Å². The van der Waals surface area contributed by atoms with Crippen LogP contribution in [0.2, 0.25) is 6.04 Å². The van der Waals surface area contributed by atoms with Gasteiger partial charge >= 0.3 is 8.80 Å². The van der Waals surface area contributed by atoms with Crippen LogP contribution in [0.15, 0.2) is 0 Å². The maximum Gasteiger partial charge on any atom is 0.501 e. The Bertz CT molecular complexity index is 714. The summed E-state index contributed by atoms with van der Waals surface area (Å²) in [4.78, 5) is 0. The van der Waals surface area contributed by atoms with Crippen LogP contribution in [0.1, 0.15) is 177 Å². The van der Waals surface area contributed by atoms with Gasteiger partial charge in [-0.3, -0.25) is 0 Å². The van der Waals surface area contributed by atoms with Crippen molar-refractivity contribution in [2.75, 3.05) is 66.3 Å². The molecule has 3 N–H and O–H groups in total. The third kappa shape index (κ3) is 26.4. The molecule has 0 fully saturated rings. The molecule has 1 atom stereocenters. The molecule has 8 heteroatoms. The second-order valence-corrected chi connectivity index (χ2v) is 20.8. The number of quaternary nitrogens is 1. The Morgan fingerprint density at radius 2 is 0.694 bits per heavy atom. The lowest BCUT2D eigenvalue weighted by atomic mass is 9.97. The van der Waals surface area contributed by atoms with E-state index in [0.717, 1.165) is 17.4 Å². The minimum atomic E-state index is -3.24. The molecule has 0 saturated heterocycles. The summed E-state index contributed by atoms with van der Waals surface area (Å²) in [5.41, 5.74) is -1.29. The maximum absolute atomic E-state index is 10.0. The highest BCUT2D eigenvalue weighted by Gasteiger charge is 2.45. The molecule has 0 bridgehead atoms. The van der Waals surface area contributed by atoms with E-state index in [4.69, 9.17) is 13.3 Å². The van der Waals surface area contributed by atoms with Gasteiger partial charge in [-0.05, 0) is 25.7 Å². The number of nitrogens with zero attached hydrogens (tertiary/aromatic N) is 1. The molecule has 0 rings (SSSR count). The summed E-state index contributed by atoms with van der Waals surface area (Å²) in [6.07, 6.45) is 25.2. The standard InChI is InChI=1S/C41H88NO6Si/c1-10-12-14-16-18-20-21-23-25-27-30-42(9,29-26-24-22-19-17-15-13-11-2)31-28-32-49(46-36-39(3,4)33-43,47-37-40(5,6)34-44)48-38-41(7,8)35-45/h43-45H,10-38H2,1-9H3/q+1. The number of aliphatic hydroxyl groups excluding tert-OH is 3. The van der Waals surface area contributed by atoms with Gasteiger partial charge in [-0.2, -0.15) is 0 Å². The average molecular weight is 719 g/mol. The molecular formula is C41H88NO6Si+. The fraction of sp³-hybridized carbons (Fsp3) is 1.00. The summed E-state index contributed by atoms with van der Waals surface area (Å²) in [6.45, 7) is 21.0. The van der Waals surface area contributed by atoms with E-state index in [-0.39, 0.29) is 19.8 Å². The first-order valence-electron chi connectivity index (χ1n) is 20.7. The summed E-state index contributed by atoms with van der Waals surface area (Å²) in [5.74, 6) is 0. The molecular weight excluding hydrogens is 631 g/mol. The second kappa shape index (κ2) is 27.5. The first-order valence-corrected chi connectivity index (χ1v) is 22.6. The number of hydrogen-bond donors (Lipinski definition) is 3. The van der Waals surface area contributed by atoms with Crippen LogP contribution in [0.3, 0.4) is 0 Å². The van der Waals surface area contributed by atoms with Crippen LogP contribution >= 0.6 is 0 Å². The highest BCUT2D eigenvalue weighted by atomic mass is 28.4. The van der Waals surface area contributed by atoms with Crippen molar-refractivity contribution in [2.45, 2.75) is 183 Å². The van der Waals surface area contributed by atoms with Gasteiger partial charge in [0.2, 0.25) is 0 Å². The van der Waals surface area contributed by atoms with Crippen molar-refractivity contribution in [1.82, 2.24) is 0 Å². The lowest BCUT2D eigenvalue weighted by Crippen LogP contribution is -2.53. The molecule has 0 heterocycles. The van der Waals surface area contributed by atoms with Crippen molar-refractivity contribution in [3.8, 4) is 0 Å². The van der Waals surface area contributed by atoms with Crippen LogP contribution < -0.4 is 0 Å². The SMILES string of the molecule is CCCCCCCCCCCC[N+](C)(CCCCCCCCCC)CCC[Si](OCC(C)(C)CO)(OCC(C)(C)CO)OCC(C)(C)CO. The van der Waals surface area contributed by atoms with Gasteiger partial charge in [-0.25, -0.2) is 0 Å². The van der Waals surface area contributed by atoms with E-state index < -0.39 is 25.0 Å². The van der Waals surface area contributed by atoms with Crippen LogP contribution in [0.4, 0.5) is 0 Å². The molecule has 0 aliphatic carbocycles. The summed E-state index contributed by atoms with van der Waals surface area (Å²) >= 11 is 0. The van der Waals surface area contributed by atoms with Gasteiger partial charge in [0.25, 0.3) is 0 Å². The zero-order valence-corrected chi connectivity index (χ0v) is 35.5. The smallest absolute Gasteiger partial charge is 0.396 e. The number of hydrogen-bond acceptors (Lipinski definition) is 6. The van der Waals surface area contributed by atoms with Gasteiger partial charge in [-0.1, -0.05) is 145 Å². The van der Waals surface area contributed by atoms with E-state index in [0.29, 0.717) is 25.9 Å². The zero-order chi connectivity index (χ0) is 37.1. The summed E-state index contributed by atoms with van der Waals surface area (Å²) in [6, 6.07) is 0.681. The largest absolute Gasteiger partial charge is 0.501 e. The predicted molar refractivity (Wildman–Crippen MR) is 211 cm³/mol. The van der Waals surface area contributed by atoms with Gasteiger partial charge in [0.15, 0.2) is 0 Å². The Kier molecular flexibility index (Phi) is 27.5. The quantitative estimate of drug-likeness (QED) is 0.0340. The lowest BCUT2D eigenvalue weighted by Gasteiger charge is -2.39. The Labute approximate surface area is 307 Å². The molecule has 0 aliphatic heterocycles. The Morgan fingerprint density at radius 3 is 0.980 bits per heavy atom. The molecule has 7 nitrogen and oxygen atoms in total. The lowest BCUT2D eigenvalue weighted by molar-refractivity contribution is -0.910. The van der Waals surface area contributed by atoms with Crippen LogP contribution in [-0.4, -0.2) is 94.9 Å². The minimum absolute atomic E-state index is 0.00810. The third-order valence-electron chi connectivity index (χ3n) is 10.1. The molecule has 0 aromatic rings. The van der Waals surface area contributed by atoms with Gasteiger partial charge < -0.3 is 33.1 Å². The van der Waals surface area contributed by atoms with Crippen molar-refractivity contribution in [3.63, 3.8) is 0 Å². The normalized spacial score (nSPS) is 14.4. The van der Waals surface area contributed by atoms with Gasteiger partial charge in [0.05, 0.1) is 46.5 Å². The van der Waals surface area contributed by atoms with Crippen molar-refractivity contribution in [1.29, 1.82) is 0 Å². The molecule has 49 heavy (non-hydrogen) atoms. The summed E-state index contributed by atoms with van der Waals surface area (Å²) < 4.78 is 21.1. The van der Waals surface area contributed by atoms with Crippen LogP contribution in [0, 0.1) is 16.2 Å². The molecule has 0 aromatic heterocycles. The molecule has 0 saturated carbocycles. The Morgan fingerprint density at radius 1 is 0.429 bits per heavy atom. The molecule has 0 aliphatic rings. The summed E-state index contributed by atoms with van der Waals surface area (Å²) in [7, 11) is -0.785. The Hall–Kier alpha value is -0.0631. The van der Waals surface area contributed by atoms with Gasteiger partial charge in [0, 0.05) is 48.5 Å². The van der Waals surface area contributed by atoms with Gasteiger partial charge in [-0.15, -0.1) is 0 Å². The predicted octanol–water partition coefficient (Wildman–Crippen LogP) is 9.93. The first kappa shape index (κ1) is 48.9. The molecule has 0 aromatic carbocycles. The maximum atomic E-state index is 10.0. The first-order chi connectivity index (χ1) is 23.1. The van der Waals surface area contributed by atoms with E-state index in [1.165, 1.54) is 129 Å². The van der Waals surface area contributed by atoms with E-state index in [1.807, 2.05) is 41.5 Å². The van der Waals surface area contributed by atoms with Crippen molar-refractivity contribution >= 4 is 8.80 Å². The highest BCUT2D eigenvalue weighted by molar-refractivity contribution is 6.60. The van der Waals surface area contributed by atoms with Crippen molar-refractivity contribution < 1.29 is 33.1 Å². The molecule has 0 radical (unpaired) electrons. The molecule has 0 amide bonds. The molecule has 0 spiro atoms. The van der Waals surface area contributed by atoms with E-state index in [1.54, 1.807) is 0 Å². The summed E-state index contributed by atoms with van der Waals surface area (Å²) in [5, 5.41) is 30.1. The zero-order valence-electron chi connectivity index (χ0n) is 34.5. The fourth-order valence-electron chi connectivity index (χ4n) is 6.02. The van der Waals surface area contributed by atoms with Crippen molar-refractivity contribution in [2.24, 2.45) is 16.2 Å². The topological polar surface area (TPSA) is 88.4 Å². The van der Waals surface area contributed by atoms with E-state index >= 15 is 0 Å². The van der Waals surface area contributed by atoms with Crippen LogP contribution in [-0.2, 0) is 13.3 Å². The van der Waals surface area contributed by atoms with Crippen LogP contribution in [0.25, 0.3) is 0 Å². The molecule has 1 unspecified atom stereocenters. The minimum Gasteiger partial charge on any atom is -0.396 e. The number of aliphatic hydroxyl groups is 3. The Balaban J connectivity index is 5.63. The monoisotopic (exact) mass is 719 g/mol. The highest BCUT2D eigenvalue weighted by Crippen LogP contribution is 2.29. The van der Waals surface area contributed by atoms with E-state index in [9.17, 15) is 15.3 Å².